The fourth-order valence-corrected chi connectivity index (χ4v) is 3.00. The number of nitrogens with zero attached hydrogens (tertiary/aromatic N) is 2. The van der Waals surface area contributed by atoms with E-state index in [9.17, 15) is 4.79 Å². The van der Waals surface area contributed by atoms with Gasteiger partial charge in [0.1, 0.15) is 23.6 Å². The van der Waals surface area contributed by atoms with E-state index in [1.54, 1.807) is 36.4 Å². The molecule has 0 bridgehead atoms. The number of ether oxygens (including phenoxy) is 1. The molecule has 148 valence electrons. The van der Waals surface area contributed by atoms with Gasteiger partial charge < -0.3 is 19.0 Å². The molecular formula is C22H21N3O4. The predicted octanol–water partition coefficient (Wildman–Crippen LogP) is 4.83. The van der Waals surface area contributed by atoms with Crippen molar-refractivity contribution >= 4 is 22.7 Å². The van der Waals surface area contributed by atoms with Crippen molar-refractivity contribution < 1.29 is 18.5 Å². The minimum atomic E-state index is -0.230. The van der Waals surface area contributed by atoms with Crippen LogP contribution in [-0.4, -0.2) is 16.0 Å². The second-order valence-corrected chi connectivity index (χ2v) is 6.72. The normalized spacial score (nSPS) is 11.0. The third-order valence-electron chi connectivity index (χ3n) is 4.65. The average molecular weight is 391 g/mol. The van der Waals surface area contributed by atoms with Crippen molar-refractivity contribution in [2.45, 2.75) is 33.8 Å². The molecule has 29 heavy (non-hydrogen) atoms. The molecule has 0 atom stereocenters. The number of aryl methyl sites for hydroxylation is 3. The van der Waals surface area contributed by atoms with Crippen LogP contribution < -0.4 is 10.1 Å². The molecule has 2 aromatic heterocycles. The van der Waals surface area contributed by atoms with Gasteiger partial charge in [-0.05, 0) is 50.2 Å². The maximum Gasteiger partial charge on any atom is 0.255 e. The number of hydrogen-bond acceptors (Lipinski definition) is 6. The third kappa shape index (κ3) is 3.99. The van der Waals surface area contributed by atoms with E-state index in [2.05, 4.69) is 15.5 Å². The predicted molar refractivity (Wildman–Crippen MR) is 108 cm³/mol. The van der Waals surface area contributed by atoms with Crippen molar-refractivity contribution in [3.63, 3.8) is 0 Å². The molecule has 0 aliphatic heterocycles. The summed E-state index contributed by atoms with van der Waals surface area (Å²) in [7, 11) is 0. The standard InChI is InChI=1S/C22H21N3O4/c1-4-21-24-19-11-16(8-9-20(19)28-21)23-22(26)15-6-5-7-17(10-15)27-12-18-13(2)25-29-14(18)3/h5-11H,4,12H2,1-3H3,(H,23,26). The first kappa shape index (κ1) is 18.7. The number of hydrogen-bond donors (Lipinski definition) is 1. The SMILES string of the molecule is CCc1nc2cc(NC(=O)c3cccc(OCc4c(C)noc4C)c3)ccc2o1. The summed E-state index contributed by atoms with van der Waals surface area (Å²) >= 11 is 0. The summed E-state index contributed by atoms with van der Waals surface area (Å²) in [6.07, 6.45) is 0.719. The second-order valence-electron chi connectivity index (χ2n) is 6.72. The molecule has 0 unspecified atom stereocenters. The van der Waals surface area contributed by atoms with Gasteiger partial charge >= 0.3 is 0 Å². The van der Waals surface area contributed by atoms with Crippen LogP contribution in [0.15, 0.2) is 51.4 Å². The topological polar surface area (TPSA) is 90.4 Å². The van der Waals surface area contributed by atoms with Crippen LogP contribution in [-0.2, 0) is 13.0 Å². The number of oxazole rings is 1. The number of carbonyl (C=O) groups is 1. The highest BCUT2D eigenvalue weighted by Gasteiger charge is 2.12. The van der Waals surface area contributed by atoms with Crippen LogP contribution in [0.5, 0.6) is 5.75 Å². The molecule has 7 heteroatoms. The molecule has 0 saturated carbocycles. The van der Waals surface area contributed by atoms with E-state index >= 15 is 0 Å². The van der Waals surface area contributed by atoms with E-state index < -0.39 is 0 Å². The van der Waals surface area contributed by atoms with Crippen molar-refractivity contribution in [1.29, 1.82) is 0 Å². The molecular weight excluding hydrogens is 370 g/mol. The fourth-order valence-electron chi connectivity index (χ4n) is 3.00. The quantitative estimate of drug-likeness (QED) is 0.506. The van der Waals surface area contributed by atoms with Crippen molar-refractivity contribution in [3.05, 3.63) is 70.9 Å². The summed E-state index contributed by atoms with van der Waals surface area (Å²) in [6.45, 7) is 6.02. The molecule has 0 spiro atoms. The van der Waals surface area contributed by atoms with Crippen LogP contribution >= 0.6 is 0 Å². The highest BCUT2D eigenvalue weighted by Crippen LogP contribution is 2.22. The molecule has 1 amide bonds. The number of carbonyl (C=O) groups excluding carboxylic acids is 1. The summed E-state index contributed by atoms with van der Waals surface area (Å²) < 4.78 is 16.6. The minimum Gasteiger partial charge on any atom is -0.489 e. The molecule has 4 aromatic rings. The smallest absolute Gasteiger partial charge is 0.255 e. The molecule has 0 aliphatic rings. The lowest BCUT2D eigenvalue weighted by atomic mass is 10.2. The first-order valence-corrected chi connectivity index (χ1v) is 9.39. The lowest BCUT2D eigenvalue weighted by molar-refractivity contribution is 0.102. The summed E-state index contributed by atoms with van der Waals surface area (Å²) in [5.41, 5.74) is 4.28. The van der Waals surface area contributed by atoms with Gasteiger partial charge in [0, 0.05) is 17.7 Å². The van der Waals surface area contributed by atoms with E-state index in [1.807, 2.05) is 26.8 Å². The Balaban J connectivity index is 1.47. The maximum absolute atomic E-state index is 12.7. The zero-order chi connectivity index (χ0) is 20.4. The molecule has 0 fully saturated rings. The van der Waals surface area contributed by atoms with Gasteiger partial charge in [0.25, 0.3) is 5.91 Å². The second kappa shape index (κ2) is 7.79. The number of anilines is 1. The number of amides is 1. The van der Waals surface area contributed by atoms with Crippen LogP contribution in [0, 0.1) is 13.8 Å². The van der Waals surface area contributed by atoms with E-state index in [4.69, 9.17) is 13.7 Å². The van der Waals surface area contributed by atoms with Gasteiger partial charge in [-0.1, -0.05) is 18.1 Å². The third-order valence-corrected chi connectivity index (χ3v) is 4.65. The summed E-state index contributed by atoms with van der Waals surface area (Å²) in [4.78, 5) is 17.1. The molecule has 0 radical (unpaired) electrons. The van der Waals surface area contributed by atoms with E-state index in [-0.39, 0.29) is 5.91 Å². The van der Waals surface area contributed by atoms with Crippen LogP contribution in [0.2, 0.25) is 0 Å². The Morgan fingerprint density at radius 2 is 2.03 bits per heavy atom. The van der Waals surface area contributed by atoms with Gasteiger partial charge in [0.2, 0.25) is 0 Å². The van der Waals surface area contributed by atoms with Gasteiger partial charge in [-0.2, -0.15) is 0 Å². The van der Waals surface area contributed by atoms with Crippen molar-refractivity contribution in [2.75, 3.05) is 5.32 Å². The van der Waals surface area contributed by atoms with E-state index in [0.29, 0.717) is 35.1 Å². The molecule has 4 rings (SSSR count). The van der Waals surface area contributed by atoms with Gasteiger partial charge in [-0.3, -0.25) is 4.79 Å². The largest absolute Gasteiger partial charge is 0.489 e. The molecule has 0 saturated heterocycles. The first-order valence-electron chi connectivity index (χ1n) is 9.39. The highest BCUT2D eigenvalue weighted by atomic mass is 16.5. The number of aromatic nitrogens is 2. The Hall–Kier alpha value is -3.61. The number of fused-ring (bicyclic) bond motifs is 1. The monoisotopic (exact) mass is 391 g/mol. The summed E-state index contributed by atoms with van der Waals surface area (Å²) in [5.74, 6) is 1.76. The Kier molecular flexibility index (Phi) is 5.03. The Bertz CT molecular complexity index is 1160. The van der Waals surface area contributed by atoms with Crippen molar-refractivity contribution in [3.8, 4) is 5.75 Å². The first-order chi connectivity index (χ1) is 14.0. The average Bonchev–Trinajstić information content (AvgIpc) is 3.28. The lowest BCUT2D eigenvalue weighted by Gasteiger charge is -2.09. The Morgan fingerprint density at radius 1 is 1.17 bits per heavy atom. The summed E-state index contributed by atoms with van der Waals surface area (Å²) in [5, 5.41) is 6.81. The lowest BCUT2D eigenvalue weighted by Crippen LogP contribution is -2.12. The molecule has 1 N–H and O–H groups in total. The zero-order valence-electron chi connectivity index (χ0n) is 16.5. The van der Waals surface area contributed by atoms with Gasteiger partial charge in [0.15, 0.2) is 11.5 Å². The van der Waals surface area contributed by atoms with E-state index in [1.165, 1.54) is 0 Å². The fraction of sp³-hybridized carbons (Fsp3) is 0.227. The maximum atomic E-state index is 12.7. The van der Waals surface area contributed by atoms with Crippen molar-refractivity contribution in [1.82, 2.24) is 10.1 Å². The Morgan fingerprint density at radius 3 is 2.79 bits per heavy atom. The van der Waals surface area contributed by atoms with Crippen LogP contribution in [0.25, 0.3) is 11.1 Å². The molecule has 7 nitrogen and oxygen atoms in total. The number of nitrogens with one attached hydrogen (secondary N) is 1. The minimum absolute atomic E-state index is 0.230. The molecule has 2 aromatic carbocycles. The van der Waals surface area contributed by atoms with E-state index in [0.717, 1.165) is 29.0 Å². The van der Waals surface area contributed by atoms with Gasteiger partial charge in [-0.15, -0.1) is 0 Å². The van der Waals surface area contributed by atoms with Crippen LogP contribution in [0.4, 0.5) is 5.69 Å². The number of rotatable bonds is 6. The molecule has 0 aliphatic carbocycles. The Labute approximate surface area is 167 Å². The highest BCUT2D eigenvalue weighted by molar-refractivity contribution is 6.05. The van der Waals surface area contributed by atoms with Crippen LogP contribution in [0.3, 0.4) is 0 Å². The van der Waals surface area contributed by atoms with Crippen molar-refractivity contribution in [2.24, 2.45) is 0 Å². The molecule has 2 heterocycles. The zero-order valence-corrected chi connectivity index (χ0v) is 16.5. The number of benzene rings is 2. The van der Waals surface area contributed by atoms with Crippen LogP contribution in [0.1, 0.15) is 40.2 Å². The van der Waals surface area contributed by atoms with Gasteiger partial charge in [0.05, 0.1) is 11.3 Å². The van der Waals surface area contributed by atoms with Gasteiger partial charge in [-0.25, -0.2) is 4.98 Å². The summed E-state index contributed by atoms with van der Waals surface area (Å²) in [6, 6.07) is 12.4.